The second-order valence-electron chi connectivity index (χ2n) is 5.77. The van der Waals surface area contributed by atoms with E-state index in [2.05, 4.69) is 5.16 Å². The van der Waals surface area contributed by atoms with Crippen molar-refractivity contribution in [3.63, 3.8) is 0 Å². The van der Waals surface area contributed by atoms with Crippen molar-refractivity contribution >= 4 is 5.69 Å². The molecule has 4 aromatic rings. The van der Waals surface area contributed by atoms with Gasteiger partial charge in [0.25, 0.3) is 5.69 Å². The van der Waals surface area contributed by atoms with Crippen molar-refractivity contribution < 1.29 is 9.45 Å². The molecule has 0 radical (unpaired) electrons. The Morgan fingerprint density at radius 2 is 1.31 bits per heavy atom. The molecule has 0 fully saturated rings. The lowest BCUT2D eigenvalue weighted by Crippen LogP contribution is -1.89. The van der Waals surface area contributed by atoms with Crippen LogP contribution in [-0.4, -0.2) is 10.1 Å². The van der Waals surface area contributed by atoms with E-state index in [1.54, 1.807) is 12.1 Å². The molecular formula is C21H14N2O3. The molecule has 1 aromatic heterocycles. The summed E-state index contributed by atoms with van der Waals surface area (Å²) in [5.41, 5.74) is 4.21. The van der Waals surface area contributed by atoms with E-state index in [4.69, 9.17) is 4.52 Å². The van der Waals surface area contributed by atoms with Gasteiger partial charge in [-0.25, -0.2) is 0 Å². The van der Waals surface area contributed by atoms with Gasteiger partial charge in [-0.15, -0.1) is 0 Å². The molecule has 0 aliphatic heterocycles. The van der Waals surface area contributed by atoms with Gasteiger partial charge < -0.3 is 4.52 Å². The molecule has 0 saturated heterocycles. The molecule has 126 valence electrons. The lowest BCUT2D eigenvalue weighted by molar-refractivity contribution is -0.384. The largest absolute Gasteiger partial charge is 0.355 e. The van der Waals surface area contributed by atoms with Gasteiger partial charge >= 0.3 is 0 Å². The van der Waals surface area contributed by atoms with Crippen LogP contribution in [0.15, 0.2) is 89.5 Å². The van der Waals surface area contributed by atoms with E-state index in [-0.39, 0.29) is 5.69 Å². The van der Waals surface area contributed by atoms with E-state index in [0.29, 0.717) is 11.5 Å². The fraction of sp³-hybridized carbons (Fsp3) is 0. The monoisotopic (exact) mass is 342 g/mol. The smallest absolute Gasteiger partial charge is 0.269 e. The minimum absolute atomic E-state index is 0.0488. The molecule has 26 heavy (non-hydrogen) atoms. The Hall–Kier alpha value is -3.73. The third kappa shape index (κ3) is 2.86. The van der Waals surface area contributed by atoms with Crippen molar-refractivity contribution in [2.45, 2.75) is 0 Å². The molecular weight excluding hydrogens is 328 g/mol. The van der Waals surface area contributed by atoms with E-state index in [0.717, 1.165) is 22.3 Å². The van der Waals surface area contributed by atoms with Crippen molar-refractivity contribution in [2.24, 2.45) is 0 Å². The zero-order valence-corrected chi connectivity index (χ0v) is 13.7. The van der Waals surface area contributed by atoms with E-state index >= 15 is 0 Å². The van der Waals surface area contributed by atoms with Gasteiger partial charge in [0, 0.05) is 23.3 Å². The standard InChI is InChI=1S/C21H14N2O3/c24-23(25)18-13-11-15(12-14-18)19-20(16-7-3-1-4-8-16)22-26-21(19)17-9-5-2-6-10-17/h1-14H. The highest BCUT2D eigenvalue weighted by Crippen LogP contribution is 2.40. The second kappa shape index (κ2) is 6.64. The summed E-state index contributed by atoms with van der Waals surface area (Å²) in [6.45, 7) is 0. The first kappa shape index (κ1) is 15.8. The maximum absolute atomic E-state index is 11.0. The Morgan fingerprint density at radius 3 is 1.88 bits per heavy atom. The molecule has 0 aliphatic rings. The number of hydrogen-bond donors (Lipinski definition) is 0. The average Bonchev–Trinajstić information content (AvgIpc) is 3.14. The number of benzene rings is 3. The van der Waals surface area contributed by atoms with E-state index in [9.17, 15) is 10.1 Å². The third-order valence-corrected chi connectivity index (χ3v) is 4.14. The number of rotatable bonds is 4. The van der Waals surface area contributed by atoms with Crippen LogP contribution in [0.4, 0.5) is 5.69 Å². The lowest BCUT2D eigenvalue weighted by atomic mass is 9.96. The molecule has 0 N–H and O–H groups in total. The maximum atomic E-state index is 11.0. The summed E-state index contributed by atoms with van der Waals surface area (Å²) < 4.78 is 5.68. The second-order valence-corrected chi connectivity index (χ2v) is 5.77. The van der Waals surface area contributed by atoms with Crippen LogP contribution >= 0.6 is 0 Å². The Balaban J connectivity index is 1.92. The van der Waals surface area contributed by atoms with Crippen molar-refractivity contribution in [1.82, 2.24) is 5.16 Å². The molecule has 0 unspecified atom stereocenters. The summed E-state index contributed by atoms with van der Waals surface area (Å²) in [6, 6.07) is 25.9. The first-order valence-corrected chi connectivity index (χ1v) is 8.09. The van der Waals surface area contributed by atoms with Crippen molar-refractivity contribution in [1.29, 1.82) is 0 Å². The summed E-state index contributed by atoms with van der Waals surface area (Å²) in [5.74, 6) is 0.637. The van der Waals surface area contributed by atoms with Crippen LogP contribution in [0, 0.1) is 10.1 Å². The van der Waals surface area contributed by atoms with Crippen LogP contribution in [0.2, 0.25) is 0 Å². The summed E-state index contributed by atoms with van der Waals surface area (Å²) in [6.07, 6.45) is 0. The third-order valence-electron chi connectivity index (χ3n) is 4.14. The normalized spacial score (nSPS) is 10.6. The fourth-order valence-corrected chi connectivity index (χ4v) is 2.89. The molecule has 0 bridgehead atoms. The maximum Gasteiger partial charge on any atom is 0.269 e. The van der Waals surface area contributed by atoms with Gasteiger partial charge in [0.05, 0.1) is 10.5 Å². The van der Waals surface area contributed by atoms with Crippen LogP contribution in [0.25, 0.3) is 33.7 Å². The van der Waals surface area contributed by atoms with Crippen LogP contribution in [0.3, 0.4) is 0 Å². The summed E-state index contributed by atoms with van der Waals surface area (Å²) in [5, 5.41) is 15.2. The highest BCUT2D eigenvalue weighted by atomic mass is 16.6. The Morgan fingerprint density at radius 1 is 0.731 bits per heavy atom. The van der Waals surface area contributed by atoms with E-state index < -0.39 is 4.92 Å². The molecule has 0 spiro atoms. The fourth-order valence-electron chi connectivity index (χ4n) is 2.89. The minimum atomic E-state index is -0.409. The lowest BCUT2D eigenvalue weighted by Gasteiger charge is -2.05. The average molecular weight is 342 g/mol. The van der Waals surface area contributed by atoms with E-state index in [1.165, 1.54) is 12.1 Å². The molecule has 5 heteroatoms. The Labute approximate surface area is 149 Å². The molecule has 4 rings (SSSR count). The molecule has 1 heterocycles. The molecule has 0 amide bonds. The van der Waals surface area contributed by atoms with Crippen molar-refractivity contribution in [3.8, 4) is 33.7 Å². The molecule has 0 atom stereocenters. The number of aromatic nitrogens is 1. The van der Waals surface area contributed by atoms with Gasteiger partial charge in [-0.05, 0) is 17.7 Å². The van der Waals surface area contributed by atoms with Gasteiger partial charge in [-0.1, -0.05) is 65.8 Å². The highest BCUT2D eigenvalue weighted by molar-refractivity contribution is 5.90. The van der Waals surface area contributed by atoms with Gasteiger partial charge in [0.2, 0.25) is 0 Å². The predicted octanol–water partition coefficient (Wildman–Crippen LogP) is 5.58. The number of nitrogens with zero attached hydrogens (tertiary/aromatic N) is 2. The van der Waals surface area contributed by atoms with Crippen LogP contribution in [-0.2, 0) is 0 Å². The Kier molecular flexibility index (Phi) is 4.03. The minimum Gasteiger partial charge on any atom is -0.355 e. The zero-order valence-electron chi connectivity index (χ0n) is 13.7. The van der Waals surface area contributed by atoms with E-state index in [1.807, 2.05) is 60.7 Å². The predicted molar refractivity (Wildman–Crippen MR) is 99.5 cm³/mol. The first-order chi connectivity index (χ1) is 12.7. The number of nitro benzene ring substituents is 1. The number of hydrogen-bond acceptors (Lipinski definition) is 4. The quantitative estimate of drug-likeness (QED) is 0.358. The van der Waals surface area contributed by atoms with Gasteiger partial charge in [0.15, 0.2) is 5.76 Å². The molecule has 3 aromatic carbocycles. The SMILES string of the molecule is O=[N+]([O-])c1ccc(-c2c(-c3ccccc3)noc2-c2ccccc2)cc1. The van der Waals surface area contributed by atoms with Crippen molar-refractivity contribution in [3.05, 3.63) is 95.0 Å². The van der Waals surface area contributed by atoms with Crippen LogP contribution in [0.5, 0.6) is 0 Å². The zero-order chi connectivity index (χ0) is 17.9. The molecule has 0 saturated carbocycles. The Bertz CT molecular complexity index is 983. The summed E-state index contributed by atoms with van der Waals surface area (Å²) in [7, 11) is 0. The van der Waals surface area contributed by atoms with Gasteiger partial charge in [0.1, 0.15) is 5.69 Å². The van der Waals surface area contributed by atoms with Crippen LogP contribution < -0.4 is 0 Å². The summed E-state index contributed by atoms with van der Waals surface area (Å²) >= 11 is 0. The summed E-state index contributed by atoms with van der Waals surface area (Å²) in [4.78, 5) is 10.5. The molecule has 0 aliphatic carbocycles. The first-order valence-electron chi connectivity index (χ1n) is 8.09. The molecule has 5 nitrogen and oxygen atoms in total. The van der Waals surface area contributed by atoms with Crippen molar-refractivity contribution in [2.75, 3.05) is 0 Å². The number of non-ortho nitro benzene ring substituents is 1. The topological polar surface area (TPSA) is 69.2 Å². The van der Waals surface area contributed by atoms with Gasteiger partial charge in [-0.3, -0.25) is 10.1 Å². The number of nitro groups is 1. The van der Waals surface area contributed by atoms with Crippen LogP contribution in [0.1, 0.15) is 0 Å². The van der Waals surface area contributed by atoms with Gasteiger partial charge in [-0.2, -0.15) is 0 Å². The highest BCUT2D eigenvalue weighted by Gasteiger charge is 2.21.